The molecule has 0 aliphatic heterocycles. The smallest absolute Gasteiger partial charge is 0.219 e. The summed E-state index contributed by atoms with van der Waals surface area (Å²) in [4.78, 5) is 4.14. The number of hydrogen-bond donors (Lipinski definition) is 0. The Morgan fingerprint density at radius 1 is 1.24 bits per heavy atom. The molecule has 0 saturated carbocycles. The van der Waals surface area contributed by atoms with Gasteiger partial charge < -0.3 is 4.74 Å². The summed E-state index contributed by atoms with van der Waals surface area (Å²) in [7, 11) is 0. The van der Waals surface area contributed by atoms with Crippen LogP contribution in [0.1, 0.15) is 5.56 Å². The first-order chi connectivity index (χ1) is 8.19. The number of rotatable bonds is 3. The van der Waals surface area contributed by atoms with E-state index in [1.807, 2.05) is 6.07 Å². The van der Waals surface area contributed by atoms with Gasteiger partial charge in [-0.3, -0.25) is 0 Å². The lowest BCUT2D eigenvalue weighted by molar-refractivity contribution is 0.458. The van der Waals surface area contributed by atoms with E-state index in [0.29, 0.717) is 16.1 Å². The van der Waals surface area contributed by atoms with Crippen LogP contribution in [-0.2, 0) is 5.33 Å². The minimum absolute atomic E-state index is 0.313. The first kappa shape index (κ1) is 12.5. The Morgan fingerprint density at radius 3 is 2.65 bits per heavy atom. The van der Waals surface area contributed by atoms with Crippen LogP contribution in [0.5, 0.6) is 11.6 Å². The summed E-state index contributed by atoms with van der Waals surface area (Å²) >= 11 is 6.57. The highest BCUT2D eigenvalue weighted by Gasteiger charge is 2.04. The summed E-state index contributed by atoms with van der Waals surface area (Å²) in [5.41, 5.74) is 1.07. The number of hydrogen-bond acceptors (Lipinski definition) is 2. The molecule has 2 aromatic rings. The van der Waals surface area contributed by atoms with Crippen molar-refractivity contribution in [1.29, 1.82) is 0 Å². The summed E-state index contributed by atoms with van der Waals surface area (Å²) in [6.07, 6.45) is 1.72. The molecule has 5 heteroatoms. The van der Waals surface area contributed by atoms with Crippen molar-refractivity contribution in [2.45, 2.75) is 5.33 Å². The highest BCUT2D eigenvalue weighted by Crippen LogP contribution is 2.29. The Labute approximate surface area is 115 Å². The molecule has 0 atom stereocenters. The third kappa shape index (κ3) is 3.26. The summed E-state index contributed by atoms with van der Waals surface area (Å²) in [6.45, 7) is 0. The van der Waals surface area contributed by atoms with Gasteiger partial charge in [-0.1, -0.05) is 22.0 Å². The fourth-order valence-corrected chi connectivity index (χ4v) is 1.98. The van der Waals surface area contributed by atoms with Gasteiger partial charge in [0.1, 0.15) is 11.6 Å². The van der Waals surface area contributed by atoms with Crippen molar-refractivity contribution in [3.8, 4) is 11.6 Å². The molecular formula is C12H8Br2FNO. The SMILES string of the molecule is Fc1ccc(Oc2ccc(CBr)cn2)c(Br)c1. The van der Waals surface area contributed by atoms with Crippen molar-refractivity contribution < 1.29 is 9.13 Å². The minimum Gasteiger partial charge on any atom is -0.438 e. The molecule has 0 bridgehead atoms. The molecular weight excluding hydrogens is 353 g/mol. The van der Waals surface area contributed by atoms with E-state index in [9.17, 15) is 4.39 Å². The molecule has 0 unspecified atom stereocenters. The Hall–Kier alpha value is -0.940. The van der Waals surface area contributed by atoms with Crippen LogP contribution in [0.4, 0.5) is 4.39 Å². The van der Waals surface area contributed by atoms with Crippen LogP contribution in [-0.4, -0.2) is 4.98 Å². The third-order valence-electron chi connectivity index (χ3n) is 2.06. The predicted molar refractivity (Wildman–Crippen MR) is 71.0 cm³/mol. The van der Waals surface area contributed by atoms with Crippen LogP contribution in [0.25, 0.3) is 0 Å². The van der Waals surface area contributed by atoms with E-state index in [4.69, 9.17) is 4.74 Å². The third-order valence-corrected chi connectivity index (χ3v) is 3.33. The number of nitrogens with zero attached hydrogens (tertiary/aromatic N) is 1. The first-order valence-corrected chi connectivity index (χ1v) is 6.74. The van der Waals surface area contributed by atoms with Gasteiger partial charge in [0.15, 0.2) is 0 Å². The monoisotopic (exact) mass is 359 g/mol. The lowest BCUT2D eigenvalue weighted by Gasteiger charge is -2.06. The van der Waals surface area contributed by atoms with Crippen LogP contribution >= 0.6 is 31.9 Å². The summed E-state index contributed by atoms with van der Waals surface area (Å²) in [5, 5.41) is 0.751. The van der Waals surface area contributed by atoms with Crippen molar-refractivity contribution in [1.82, 2.24) is 4.98 Å². The van der Waals surface area contributed by atoms with Crippen LogP contribution < -0.4 is 4.74 Å². The topological polar surface area (TPSA) is 22.1 Å². The van der Waals surface area contributed by atoms with Gasteiger partial charge >= 0.3 is 0 Å². The molecule has 0 N–H and O–H groups in total. The Kier molecular flexibility index (Phi) is 4.12. The number of aromatic nitrogens is 1. The average Bonchev–Trinajstić information content (AvgIpc) is 2.34. The van der Waals surface area contributed by atoms with Gasteiger partial charge in [0.25, 0.3) is 0 Å². The molecule has 0 spiro atoms. The Morgan fingerprint density at radius 2 is 2.06 bits per heavy atom. The zero-order valence-electron chi connectivity index (χ0n) is 8.66. The van der Waals surface area contributed by atoms with Gasteiger partial charge in [0.05, 0.1) is 4.47 Å². The summed E-state index contributed by atoms with van der Waals surface area (Å²) in [6, 6.07) is 7.93. The van der Waals surface area contributed by atoms with Crippen LogP contribution in [0, 0.1) is 5.82 Å². The van der Waals surface area contributed by atoms with Gasteiger partial charge in [-0.05, 0) is 39.7 Å². The number of benzene rings is 1. The highest BCUT2D eigenvalue weighted by molar-refractivity contribution is 9.10. The normalized spacial score (nSPS) is 10.3. The van der Waals surface area contributed by atoms with Crippen molar-refractivity contribution in [2.75, 3.05) is 0 Å². The standard InChI is InChI=1S/C12H8Br2FNO/c13-6-8-1-4-12(16-7-8)17-11-3-2-9(15)5-10(11)14/h1-5,7H,6H2. The van der Waals surface area contributed by atoms with E-state index in [2.05, 4.69) is 36.8 Å². The molecule has 0 saturated heterocycles. The van der Waals surface area contributed by atoms with Crippen molar-refractivity contribution >= 4 is 31.9 Å². The Balaban J connectivity index is 2.19. The second-order valence-corrected chi connectivity index (χ2v) is 4.73. The largest absolute Gasteiger partial charge is 0.438 e. The zero-order chi connectivity index (χ0) is 12.3. The predicted octanol–water partition coefficient (Wildman–Crippen LogP) is 4.67. The summed E-state index contributed by atoms with van der Waals surface area (Å²) < 4.78 is 19.0. The van der Waals surface area contributed by atoms with E-state index in [1.165, 1.54) is 12.1 Å². The van der Waals surface area contributed by atoms with Crippen molar-refractivity contribution in [3.05, 3.63) is 52.4 Å². The second kappa shape index (κ2) is 5.60. The molecule has 2 rings (SSSR count). The lowest BCUT2D eigenvalue weighted by Crippen LogP contribution is -1.90. The maximum absolute atomic E-state index is 12.9. The van der Waals surface area contributed by atoms with E-state index in [0.717, 1.165) is 10.9 Å². The summed E-state index contributed by atoms with van der Waals surface area (Å²) in [5.74, 6) is 0.694. The number of halogens is 3. The van der Waals surface area contributed by atoms with Gasteiger partial charge in [0.2, 0.25) is 5.88 Å². The maximum Gasteiger partial charge on any atom is 0.219 e. The highest BCUT2D eigenvalue weighted by atomic mass is 79.9. The van der Waals surface area contributed by atoms with E-state index >= 15 is 0 Å². The van der Waals surface area contributed by atoms with Crippen LogP contribution in [0.15, 0.2) is 41.0 Å². The number of alkyl halides is 1. The van der Waals surface area contributed by atoms with Crippen LogP contribution in [0.2, 0.25) is 0 Å². The van der Waals surface area contributed by atoms with Crippen LogP contribution in [0.3, 0.4) is 0 Å². The zero-order valence-corrected chi connectivity index (χ0v) is 11.8. The molecule has 0 aliphatic rings. The number of ether oxygens (including phenoxy) is 1. The number of pyridine rings is 1. The molecule has 0 fully saturated rings. The first-order valence-electron chi connectivity index (χ1n) is 4.83. The van der Waals surface area contributed by atoms with E-state index in [-0.39, 0.29) is 5.82 Å². The minimum atomic E-state index is -0.313. The van der Waals surface area contributed by atoms with E-state index in [1.54, 1.807) is 18.3 Å². The fourth-order valence-electron chi connectivity index (χ4n) is 1.22. The molecule has 0 aliphatic carbocycles. The van der Waals surface area contributed by atoms with E-state index < -0.39 is 0 Å². The van der Waals surface area contributed by atoms with Gasteiger partial charge in [0, 0.05) is 17.6 Å². The van der Waals surface area contributed by atoms with Crippen molar-refractivity contribution in [2.24, 2.45) is 0 Å². The second-order valence-electron chi connectivity index (χ2n) is 3.32. The van der Waals surface area contributed by atoms with Gasteiger partial charge in [-0.25, -0.2) is 9.37 Å². The molecule has 0 amide bonds. The molecule has 1 heterocycles. The average molecular weight is 361 g/mol. The van der Waals surface area contributed by atoms with Gasteiger partial charge in [-0.15, -0.1) is 0 Å². The maximum atomic E-state index is 12.9. The van der Waals surface area contributed by atoms with Gasteiger partial charge in [-0.2, -0.15) is 0 Å². The Bertz CT molecular complexity index is 516. The molecule has 2 nitrogen and oxygen atoms in total. The van der Waals surface area contributed by atoms with Crippen molar-refractivity contribution in [3.63, 3.8) is 0 Å². The lowest BCUT2D eigenvalue weighted by atomic mass is 10.3. The molecule has 1 aromatic heterocycles. The molecule has 88 valence electrons. The molecule has 0 radical (unpaired) electrons. The fraction of sp³-hybridized carbons (Fsp3) is 0.0833. The molecule has 1 aromatic carbocycles. The quantitative estimate of drug-likeness (QED) is 0.742. The molecule has 17 heavy (non-hydrogen) atoms.